The molecule has 3 aromatic heterocycles. The molecule has 0 aliphatic carbocycles. The van der Waals surface area contributed by atoms with Crippen LogP contribution in [-0.4, -0.2) is 19.2 Å². The van der Waals surface area contributed by atoms with E-state index in [9.17, 15) is 13.2 Å². The molecule has 0 radical (unpaired) electrons. The molecule has 0 amide bonds. The zero-order chi connectivity index (χ0) is 14.3. The lowest BCUT2D eigenvalue weighted by Gasteiger charge is -2.02. The maximum Gasteiger partial charge on any atom is 0.419 e. The van der Waals surface area contributed by atoms with Crippen LogP contribution in [0.15, 0.2) is 36.8 Å². The standard InChI is InChI=1S/C12H10F3N5/c13-12(14,15)8-6-17-20(7-8)11-9(5-16)19-4-2-1-3-10(19)18-11/h1-4,6-7H,5,16H2. The Labute approximate surface area is 111 Å². The van der Waals surface area contributed by atoms with Crippen molar-refractivity contribution in [3.8, 4) is 5.82 Å². The normalized spacial score (nSPS) is 12.2. The molecule has 0 unspecified atom stereocenters. The molecule has 0 atom stereocenters. The predicted octanol–water partition coefficient (Wildman–Crippen LogP) is 2.00. The Hall–Kier alpha value is -2.35. The topological polar surface area (TPSA) is 61.1 Å². The van der Waals surface area contributed by atoms with E-state index in [1.54, 1.807) is 28.8 Å². The Balaban J connectivity index is 2.17. The third kappa shape index (κ3) is 1.94. The number of hydrogen-bond acceptors (Lipinski definition) is 3. The van der Waals surface area contributed by atoms with Crippen LogP contribution in [0.1, 0.15) is 11.3 Å². The van der Waals surface area contributed by atoms with Crippen molar-refractivity contribution in [1.29, 1.82) is 0 Å². The van der Waals surface area contributed by atoms with Gasteiger partial charge in [-0.05, 0) is 12.1 Å². The monoisotopic (exact) mass is 281 g/mol. The van der Waals surface area contributed by atoms with E-state index in [-0.39, 0.29) is 6.54 Å². The van der Waals surface area contributed by atoms with E-state index in [1.807, 2.05) is 0 Å². The molecule has 8 heteroatoms. The van der Waals surface area contributed by atoms with Crippen LogP contribution in [-0.2, 0) is 12.7 Å². The smallest absolute Gasteiger partial charge is 0.325 e. The van der Waals surface area contributed by atoms with Crippen LogP contribution in [0.25, 0.3) is 11.5 Å². The van der Waals surface area contributed by atoms with Gasteiger partial charge in [0.25, 0.3) is 0 Å². The number of alkyl halides is 3. The Morgan fingerprint density at radius 1 is 1.25 bits per heavy atom. The van der Waals surface area contributed by atoms with Crippen LogP contribution in [0.5, 0.6) is 0 Å². The number of nitrogens with zero attached hydrogens (tertiary/aromatic N) is 4. The van der Waals surface area contributed by atoms with E-state index in [0.717, 1.165) is 17.1 Å². The van der Waals surface area contributed by atoms with Gasteiger partial charge in [-0.15, -0.1) is 0 Å². The van der Waals surface area contributed by atoms with E-state index in [2.05, 4.69) is 10.1 Å². The fourth-order valence-electron chi connectivity index (χ4n) is 1.99. The van der Waals surface area contributed by atoms with Gasteiger partial charge in [-0.2, -0.15) is 18.3 Å². The average molecular weight is 281 g/mol. The molecule has 0 saturated carbocycles. The number of halogens is 3. The van der Waals surface area contributed by atoms with Crippen LogP contribution in [0.2, 0.25) is 0 Å². The van der Waals surface area contributed by atoms with Crippen LogP contribution in [0.3, 0.4) is 0 Å². The quantitative estimate of drug-likeness (QED) is 0.781. The highest BCUT2D eigenvalue weighted by Gasteiger charge is 2.32. The summed E-state index contributed by atoms with van der Waals surface area (Å²) in [6, 6.07) is 5.33. The first-order valence-corrected chi connectivity index (χ1v) is 5.79. The lowest BCUT2D eigenvalue weighted by atomic mass is 10.3. The molecule has 104 valence electrons. The Morgan fingerprint density at radius 2 is 2.05 bits per heavy atom. The first-order chi connectivity index (χ1) is 9.50. The van der Waals surface area contributed by atoms with E-state index in [4.69, 9.17) is 5.73 Å². The highest BCUT2D eigenvalue weighted by Crippen LogP contribution is 2.29. The van der Waals surface area contributed by atoms with Gasteiger partial charge in [0.1, 0.15) is 5.65 Å². The summed E-state index contributed by atoms with van der Waals surface area (Å²) in [4.78, 5) is 4.27. The molecule has 3 aromatic rings. The summed E-state index contributed by atoms with van der Waals surface area (Å²) < 4.78 is 40.6. The van der Waals surface area contributed by atoms with Gasteiger partial charge in [0, 0.05) is 18.9 Å². The zero-order valence-corrected chi connectivity index (χ0v) is 10.2. The molecule has 3 rings (SSSR count). The third-order valence-electron chi connectivity index (χ3n) is 2.93. The van der Waals surface area contributed by atoms with E-state index in [1.165, 1.54) is 0 Å². The SMILES string of the molecule is NCc1c(-n2cc(C(F)(F)F)cn2)nc2ccccn12. The fraction of sp³-hybridized carbons (Fsp3) is 0.167. The molecule has 5 nitrogen and oxygen atoms in total. The number of aromatic nitrogens is 4. The van der Waals surface area contributed by atoms with Crippen molar-refractivity contribution in [2.24, 2.45) is 5.73 Å². The summed E-state index contributed by atoms with van der Waals surface area (Å²) in [5, 5.41) is 3.72. The summed E-state index contributed by atoms with van der Waals surface area (Å²) in [5.74, 6) is 0.300. The molecule has 0 spiro atoms. The van der Waals surface area contributed by atoms with Gasteiger partial charge in [0.05, 0.1) is 17.5 Å². The summed E-state index contributed by atoms with van der Waals surface area (Å²) >= 11 is 0. The molecule has 0 bridgehead atoms. The highest BCUT2D eigenvalue weighted by molar-refractivity contribution is 5.48. The number of nitrogens with two attached hydrogens (primary N) is 1. The van der Waals surface area contributed by atoms with Crippen molar-refractivity contribution >= 4 is 5.65 Å². The number of rotatable bonds is 2. The molecule has 0 aliphatic rings. The van der Waals surface area contributed by atoms with Gasteiger partial charge in [0.15, 0.2) is 5.82 Å². The third-order valence-corrected chi connectivity index (χ3v) is 2.93. The highest BCUT2D eigenvalue weighted by atomic mass is 19.4. The first kappa shape index (κ1) is 12.7. The average Bonchev–Trinajstić information content (AvgIpc) is 3.02. The summed E-state index contributed by atoms with van der Waals surface area (Å²) in [7, 11) is 0. The Morgan fingerprint density at radius 3 is 2.70 bits per heavy atom. The fourth-order valence-corrected chi connectivity index (χ4v) is 1.99. The molecule has 20 heavy (non-hydrogen) atoms. The molecule has 0 aromatic carbocycles. The minimum Gasteiger partial charge on any atom is -0.325 e. The van der Waals surface area contributed by atoms with Crippen molar-refractivity contribution in [3.63, 3.8) is 0 Å². The molecule has 2 N–H and O–H groups in total. The molecule has 3 heterocycles. The van der Waals surface area contributed by atoms with Crippen LogP contribution >= 0.6 is 0 Å². The lowest BCUT2D eigenvalue weighted by molar-refractivity contribution is -0.137. The van der Waals surface area contributed by atoms with Crippen molar-refractivity contribution in [1.82, 2.24) is 19.2 Å². The maximum atomic E-state index is 12.6. The van der Waals surface area contributed by atoms with Gasteiger partial charge < -0.3 is 10.1 Å². The summed E-state index contributed by atoms with van der Waals surface area (Å²) in [6.07, 6.45) is -1.01. The van der Waals surface area contributed by atoms with Crippen molar-refractivity contribution in [3.05, 3.63) is 48.0 Å². The zero-order valence-electron chi connectivity index (χ0n) is 10.2. The van der Waals surface area contributed by atoms with E-state index >= 15 is 0 Å². The van der Waals surface area contributed by atoms with Gasteiger partial charge in [-0.1, -0.05) is 6.07 Å². The minimum absolute atomic E-state index is 0.141. The van der Waals surface area contributed by atoms with Gasteiger partial charge in [-0.25, -0.2) is 9.67 Å². The molecule has 0 fully saturated rings. The second-order valence-corrected chi connectivity index (χ2v) is 4.19. The van der Waals surface area contributed by atoms with Gasteiger partial charge in [0.2, 0.25) is 0 Å². The lowest BCUT2D eigenvalue weighted by Crippen LogP contribution is -2.07. The van der Waals surface area contributed by atoms with Gasteiger partial charge >= 0.3 is 6.18 Å². The van der Waals surface area contributed by atoms with Crippen molar-refractivity contribution in [2.45, 2.75) is 12.7 Å². The van der Waals surface area contributed by atoms with E-state index in [0.29, 0.717) is 17.2 Å². The number of imidazole rings is 1. The molecule has 0 aliphatic heterocycles. The van der Waals surface area contributed by atoms with Crippen LogP contribution in [0, 0.1) is 0 Å². The molecular formula is C12H10F3N5. The second kappa shape index (κ2) is 4.34. The number of pyridine rings is 1. The van der Waals surface area contributed by atoms with Crippen molar-refractivity contribution in [2.75, 3.05) is 0 Å². The van der Waals surface area contributed by atoms with Gasteiger partial charge in [-0.3, -0.25) is 0 Å². The maximum absolute atomic E-state index is 12.6. The van der Waals surface area contributed by atoms with Crippen LogP contribution < -0.4 is 5.73 Å². The van der Waals surface area contributed by atoms with E-state index < -0.39 is 11.7 Å². The second-order valence-electron chi connectivity index (χ2n) is 4.19. The largest absolute Gasteiger partial charge is 0.419 e. The number of hydrogen-bond donors (Lipinski definition) is 1. The number of fused-ring (bicyclic) bond motifs is 1. The summed E-state index contributed by atoms with van der Waals surface area (Å²) in [5.41, 5.74) is 6.04. The first-order valence-electron chi connectivity index (χ1n) is 5.79. The Bertz CT molecular complexity index is 756. The van der Waals surface area contributed by atoms with Crippen molar-refractivity contribution < 1.29 is 13.2 Å². The summed E-state index contributed by atoms with van der Waals surface area (Å²) in [6.45, 7) is 0.141. The minimum atomic E-state index is -4.43. The molecular weight excluding hydrogens is 271 g/mol. The van der Waals surface area contributed by atoms with Crippen LogP contribution in [0.4, 0.5) is 13.2 Å². The predicted molar refractivity (Wildman–Crippen MR) is 65.2 cm³/mol. The Kier molecular flexibility index (Phi) is 2.75. The molecule has 0 saturated heterocycles.